The minimum absolute atomic E-state index is 0.152. The highest BCUT2D eigenvalue weighted by Gasteiger charge is 2.22. The number of hydrogen-bond donors (Lipinski definition) is 1. The summed E-state index contributed by atoms with van der Waals surface area (Å²) in [6.45, 7) is 6.43. The number of benzene rings is 3. The van der Waals surface area contributed by atoms with Crippen LogP contribution in [0.1, 0.15) is 32.7 Å². The van der Waals surface area contributed by atoms with E-state index in [0.29, 0.717) is 17.9 Å². The zero-order chi connectivity index (χ0) is 22.7. The molecule has 1 N–H and O–H groups in total. The van der Waals surface area contributed by atoms with Crippen LogP contribution in [0.4, 0.5) is 5.69 Å². The van der Waals surface area contributed by atoms with Gasteiger partial charge in [-0.25, -0.2) is 0 Å². The molecule has 1 heterocycles. The van der Waals surface area contributed by atoms with Crippen LogP contribution < -0.4 is 10.7 Å². The Balaban J connectivity index is 1.89. The fourth-order valence-electron chi connectivity index (χ4n) is 3.92. The maximum atomic E-state index is 13.5. The van der Waals surface area contributed by atoms with Gasteiger partial charge in [0.15, 0.2) is 5.43 Å². The van der Waals surface area contributed by atoms with Gasteiger partial charge in [-0.3, -0.25) is 9.59 Å². The van der Waals surface area contributed by atoms with Crippen molar-refractivity contribution in [1.29, 1.82) is 0 Å². The number of aromatic nitrogens is 1. The first kappa shape index (κ1) is 21.3. The molecule has 0 bridgehead atoms. The Morgan fingerprint density at radius 1 is 0.844 bits per heavy atom. The highest BCUT2D eigenvalue weighted by atomic mass is 16.2. The highest BCUT2D eigenvalue weighted by Crippen LogP contribution is 2.26. The Labute approximate surface area is 188 Å². The van der Waals surface area contributed by atoms with Crippen LogP contribution >= 0.6 is 0 Å². The first-order chi connectivity index (χ1) is 15.5. The second kappa shape index (κ2) is 9.06. The van der Waals surface area contributed by atoms with Crippen molar-refractivity contribution in [2.24, 2.45) is 0 Å². The molecule has 0 unspecified atom stereocenters. The van der Waals surface area contributed by atoms with Gasteiger partial charge in [-0.1, -0.05) is 72.8 Å². The van der Waals surface area contributed by atoms with Crippen molar-refractivity contribution in [2.45, 2.75) is 27.3 Å². The Morgan fingerprint density at radius 3 is 2.19 bits per heavy atom. The van der Waals surface area contributed by atoms with Gasteiger partial charge in [0.2, 0.25) is 0 Å². The largest absolute Gasteiger partial charge is 0.340 e. The lowest BCUT2D eigenvalue weighted by Gasteiger charge is -2.21. The molecular formula is C28H26N2O2. The van der Waals surface area contributed by atoms with E-state index in [1.54, 1.807) is 6.07 Å². The summed E-state index contributed by atoms with van der Waals surface area (Å²) in [5.74, 6) is -0.399. The maximum Gasteiger partial charge on any atom is 0.261 e. The van der Waals surface area contributed by atoms with Gasteiger partial charge in [-0.15, -0.1) is 0 Å². The summed E-state index contributed by atoms with van der Waals surface area (Å²) < 4.78 is 2.05. The second-order valence-electron chi connectivity index (χ2n) is 8.01. The molecule has 0 saturated carbocycles. The molecule has 32 heavy (non-hydrogen) atoms. The fraction of sp³-hybridized carbons (Fsp3) is 0.143. The summed E-state index contributed by atoms with van der Waals surface area (Å²) in [6, 6.07) is 27.0. The molecule has 1 aromatic heterocycles. The zero-order valence-corrected chi connectivity index (χ0v) is 18.6. The number of carbonyl (C=O) groups excluding carboxylic acids is 1. The van der Waals surface area contributed by atoms with Crippen LogP contribution in [0.2, 0.25) is 0 Å². The Morgan fingerprint density at radius 2 is 1.50 bits per heavy atom. The van der Waals surface area contributed by atoms with Gasteiger partial charge >= 0.3 is 0 Å². The van der Waals surface area contributed by atoms with Crippen LogP contribution in [-0.2, 0) is 6.54 Å². The van der Waals surface area contributed by atoms with Crippen molar-refractivity contribution in [3.8, 4) is 11.3 Å². The average Bonchev–Trinajstić information content (AvgIpc) is 2.79. The predicted octanol–water partition coefficient (Wildman–Crippen LogP) is 5.74. The monoisotopic (exact) mass is 422 g/mol. The molecule has 3 aromatic carbocycles. The molecule has 4 nitrogen and oxygen atoms in total. The Hall–Kier alpha value is -3.92. The normalized spacial score (nSPS) is 10.7. The second-order valence-corrected chi connectivity index (χ2v) is 8.01. The van der Waals surface area contributed by atoms with Crippen LogP contribution in [0.15, 0.2) is 89.7 Å². The van der Waals surface area contributed by atoms with Gasteiger partial charge < -0.3 is 9.88 Å². The zero-order valence-electron chi connectivity index (χ0n) is 18.6. The summed E-state index contributed by atoms with van der Waals surface area (Å²) >= 11 is 0. The molecule has 0 aliphatic heterocycles. The van der Waals surface area contributed by atoms with Gasteiger partial charge in [-0.05, 0) is 49.1 Å². The fourth-order valence-corrected chi connectivity index (χ4v) is 3.92. The molecule has 0 radical (unpaired) electrons. The van der Waals surface area contributed by atoms with E-state index in [4.69, 9.17) is 0 Å². The molecule has 160 valence electrons. The highest BCUT2D eigenvalue weighted by molar-refractivity contribution is 6.08. The van der Waals surface area contributed by atoms with Crippen molar-refractivity contribution in [2.75, 3.05) is 5.32 Å². The number of nitrogens with zero attached hydrogens (tertiary/aromatic N) is 1. The topological polar surface area (TPSA) is 51.1 Å². The van der Waals surface area contributed by atoms with E-state index in [1.807, 2.05) is 104 Å². The van der Waals surface area contributed by atoms with Gasteiger partial charge in [0.05, 0.1) is 5.69 Å². The number of anilines is 1. The third-order valence-corrected chi connectivity index (χ3v) is 5.83. The summed E-state index contributed by atoms with van der Waals surface area (Å²) in [6.07, 6.45) is 0. The average molecular weight is 423 g/mol. The van der Waals surface area contributed by atoms with E-state index in [9.17, 15) is 9.59 Å². The SMILES string of the molecule is Cc1cccc(NC(=O)c2c(-c3ccccc3)n(Cc3ccccc3)c(C)cc2=O)c1C. The number of amides is 1. The van der Waals surface area contributed by atoms with Crippen LogP contribution in [0.5, 0.6) is 0 Å². The number of hydrogen-bond acceptors (Lipinski definition) is 2. The van der Waals surface area contributed by atoms with E-state index in [1.165, 1.54) is 0 Å². The molecule has 0 spiro atoms. The van der Waals surface area contributed by atoms with Crippen molar-refractivity contribution < 1.29 is 4.79 Å². The molecule has 0 fully saturated rings. The minimum Gasteiger partial charge on any atom is -0.340 e. The van der Waals surface area contributed by atoms with E-state index >= 15 is 0 Å². The quantitative estimate of drug-likeness (QED) is 0.446. The van der Waals surface area contributed by atoms with E-state index in [-0.39, 0.29) is 11.0 Å². The number of nitrogens with one attached hydrogen (secondary N) is 1. The molecule has 1 amide bonds. The molecule has 4 aromatic rings. The number of rotatable bonds is 5. The summed E-state index contributed by atoms with van der Waals surface area (Å²) in [5.41, 5.74) is 6.00. The van der Waals surface area contributed by atoms with E-state index in [2.05, 4.69) is 5.32 Å². The van der Waals surface area contributed by atoms with Gasteiger partial charge in [0, 0.05) is 24.0 Å². The van der Waals surface area contributed by atoms with Crippen LogP contribution in [0, 0.1) is 20.8 Å². The number of aryl methyl sites for hydroxylation is 2. The minimum atomic E-state index is -0.399. The molecule has 4 heteroatoms. The van der Waals surface area contributed by atoms with Crippen molar-refractivity contribution in [3.63, 3.8) is 0 Å². The van der Waals surface area contributed by atoms with Crippen LogP contribution in [0.25, 0.3) is 11.3 Å². The van der Waals surface area contributed by atoms with E-state index < -0.39 is 5.91 Å². The number of pyridine rings is 1. The lowest BCUT2D eigenvalue weighted by Crippen LogP contribution is -2.27. The molecule has 0 aliphatic carbocycles. The first-order valence-corrected chi connectivity index (χ1v) is 10.7. The van der Waals surface area contributed by atoms with Gasteiger partial charge in [-0.2, -0.15) is 0 Å². The smallest absolute Gasteiger partial charge is 0.261 e. The third kappa shape index (κ3) is 4.26. The Kier molecular flexibility index (Phi) is 6.04. The molecular weight excluding hydrogens is 396 g/mol. The Bertz CT molecular complexity index is 1320. The van der Waals surface area contributed by atoms with Gasteiger partial charge in [0.25, 0.3) is 5.91 Å². The predicted molar refractivity (Wildman–Crippen MR) is 130 cm³/mol. The van der Waals surface area contributed by atoms with E-state index in [0.717, 1.165) is 27.9 Å². The van der Waals surface area contributed by atoms with Crippen LogP contribution in [-0.4, -0.2) is 10.5 Å². The molecule has 0 atom stereocenters. The van der Waals surface area contributed by atoms with Crippen molar-refractivity contribution >= 4 is 11.6 Å². The van der Waals surface area contributed by atoms with Gasteiger partial charge in [0.1, 0.15) is 5.56 Å². The summed E-state index contributed by atoms with van der Waals surface area (Å²) in [5, 5.41) is 2.98. The van der Waals surface area contributed by atoms with Crippen molar-refractivity contribution in [1.82, 2.24) is 4.57 Å². The first-order valence-electron chi connectivity index (χ1n) is 10.7. The number of carbonyl (C=O) groups is 1. The standard InChI is InChI=1S/C28H26N2O2/c1-19-11-10-16-24(21(19)3)29-28(32)26-25(31)17-20(2)30(18-22-12-6-4-7-13-22)27(26)23-14-8-5-9-15-23/h4-17H,18H2,1-3H3,(H,29,32). The van der Waals surface area contributed by atoms with Crippen molar-refractivity contribution in [3.05, 3.63) is 123 Å². The summed E-state index contributed by atoms with van der Waals surface area (Å²) in [4.78, 5) is 26.6. The third-order valence-electron chi connectivity index (χ3n) is 5.83. The van der Waals surface area contributed by atoms with Crippen LogP contribution in [0.3, 0.4) is 0 Å². The lowest BCUT2D eigenvalue weighted by atomic mass is 10.0. The molecule has 0 saturated heterocycles. The lowest BCUT2D eigenvalue weighted by molar-refractivity contribution is 0.102. The summed E-state index contributed by atoms with van der Waals surface area (Å²) in [7, 11) is 0. The maximum absolute atomic E-state index is 13.5. The molecule has 0 aliphatic rings. The molecule has 4 rings (SSSR count).